The van der Waals surface area contributed by atoms with E-state index in [1.54, 1.807) is 0 Å². The van der Waals surface area contributed by atoms with E-state index in [4.69, 9.17) is 0 Å². The number of carbonyl (C=O) groups is 1. The Morgan fingerprint density at radius 3 is 2.19 bits per heavy atom. The van der Waals surface area contributed by atoms with Gasteiger partial charge in [0.2, 0.25) is 0 Å². The van der Waals surface area contributed by atoms with E-state index in [1.807, 2.05) is 54.3 Å². The molecular formula is C22H23N3OS. The van der Waals surface area contributed by atoms with E-state index in [9.17, 15) is 10.1 Å². The minimum Gasteiger partial charge on any atom is -0.327 e. The third kappa shape index (κ3) is 3.72. The van der Waals surface area contributed by atoms with Crippen LogP contribution in [0.5, 0.6) is 0 Å². The molecule has 1 amide bonds. The molecule has 138 valence electrons. The Bertz CT molecular complexity index is 932. The molecule has 1 aliphatic heterocycles. The number of hydrogen-bond donors (Lipinski definition) is 2. The van der Waals surface area contributed by atoms with Gasteiger partial charge in [0, 0.05) is 5.69 Å². The molecule has 1 unspecified atom stereocenters. The van der Waals surface area contributed by atoms with Crippen molar-refractivity contribution in [1.29, 1.82) is 5.26 Å². The van der Waals surface area contributed by atoms with Gasteiger partial charge in [-0.3, -0.25) is 4.79 Å². The van der Waals surface area contributed by atoms with Gasteiger partial charge in [0.25, 0.3) is 5.91 Å². The first-order chi connectivity index (χ1) is 12.7. The number of carbonyl (C=O) groups excluding carboxylic acids is 1. The van der Waals surface area contributed by atoms with Gasteiger partial charge in [-0.2, -0.15) is 5.26 Å². The second-order valence-corrected chi connectivity index (χ2v) is 8.19. The smallest absolute Gasteiger partial charge is 0.266 e. The average molecular weight is 378 g/mol. The van der Waals surface area contributed by atoms with E-state index in [2.05, 4.69) is 50.8 Å². The van der Waals surface area contributed by atoms with Crippen LogP contribution < -0.4 is 10.2 Å². The average Bonchev–Trinajstić information content (AvgIpc) is 2.62. The van der Waals surface area contributed by atoms with Gasteiger partial charge in [-0.15, -0.1) is 12.6 Å². The third-order valence-corrected chi connectivity index (χ3v) is 5.16. The highest BCUT2D eigenvalue weighted by molar-refractivity contribution is 7.84. The highest BCUT2D eigenvalue weighted by atomic mass is 32.1. The molecule has 2 aromatic carbocycles. The van der Waals surface area contributed by atoms with Crippen LogP contribution in [0.2, 0.25) is 0 Å². The van der Waals surface area contributed by atoms with Crippen molar-refractivity contribution in [2.45, 2.75) is 39.3 Å². The zero-order chi connectivity index (χ0) is 19.8. The van der Waals surface area contributed by atoms with E-state index in [1.165, 1.54) is 5.56 Å². The summed E-state index contributed by atoms with van der Waals surface area (Å²) in [6, 6.07) is 18.1. The minimum atomic E-state index is -0.432. The predicted octanol–water partition coefficient (Wildman–Crippen LogP) is 4.59. The van der Waals surface area contributed by atoms with Crippen LogP contribution in [0.1, 0.15) is 43.6 Å². The molecule has 27 heavy (non-hydrogen) atoms. The van der Waals surface area contributed by atoms with Crippen LogP contribution in [0.3, 0.4) is 0 Å². The molecule has 1 N–H and O–H groups in total. The molecule has 0 aromatic heterocycles. The first-order valence-corrected chi connectivity index (χ1v) is 9.27. The lowest BCUT2D eigenvalue weighted by Gasteiger charge is -2.38. The number of amides is 1. The molecule has 0 aliphatic carbocycles. The van der Waals surface area contributed by atoms with E-state index in [0.717, 1.165) is 16.8 Å². The summed E-state index contributed by atoms with van der Waals surface area (Å²) in [6.45, 7) is 8.51. The summed E-state index contributed by atoms with van der Waals surface area (Å²) in [5.74, 6) is -0.407. The summed E-state index contributed by atoms with van der Waals surface area (Å²) in [6.07, 6.45) is -0.432. The Balaban J connectivity index is 2.09. The third-order valence-electron chi connectivity index (χ3n) is 4.72. The number of hydrogen-bond acceptors (Lipinski definition) is 4. The number of nitriles is 1. The van der Waals surface area contributed by atoms with Crippen LogP contribution in [-0.2, 0) is 10.2 Å². The molecule has 1 heterocycles. The lowest BCUT2D eigenvalue weighted by Crippen LogP contribution is -2.46. The number of anilines is 1. The molecule has 0 spiro atoms. The summed E-state index contributed by atoms with van der Waals surface area (Å²) >= 11 is 4.53. The molecule has 1 aliphatic rings. The summed E-state index contributed by atoms with van der Waals surface area (Å²) in [7, 11) is 0. The topological polar surface area (TPSA) is 56.1 Å². The standard InChI is InChI=1S/C22H23N3OS/c1-14-5-11-17(12-6-14)25-19(24-20(26)18(13-23)21(25)27)15-7-9-16(10-8-15)22(2,3)4/h5-12,19,27H,1-4H3,(H,24,26). The largest absolute Gasteiger partial charge is 0.327 e. The zero-order valence-corrected chi connectivity index (χ0v) is 16.8. The molecule has 0 fully saturated rings. The van der Waals surface area contributed by atoms with Gasteiger partial charge in [0.1, 0.15) is 17.8 Å². The number of benzene rings is 2. The van der Waals surface area contributed by atoms with Crippen LogP contribution in [0.15, 0.2) is 59.1 Å². The van der Waals surface area contributed by atoms with Crippen LogP contribution in [0.25, 0.3) is 0 Å². The van der Waals surface area contributed by atoms with Gasteiger partial charge in [-0.25, -0.2) is 0 Å². The van der Waals surface area contributed by atoms with Gasteiger partial charge < -0.3 is 10.2 Å². The van der Waals surface area contributed by atoms with Gasteiger partial charge in [-0.05, 0) is 35.6 Å². The van der Waals surface area contributed by atoms with Crippen LogP contribution in [-0.4, -0.2) is 5.91 Å². The van der Waals surface area contributed by atoms with Crippen molar-refractivity contribution in [3.63, 3.8) is 0 Å². The van der Waals surface area contributed by atoms with E-state index >= 15 is 0 Å². The predicted molar refractivity (Wildman–Crippen MR) is 111 cm³/mol. The lowest BCUT2D eigenvalue weighted by atomic mass is 9.86. The Labute approximate surface area is 165 Å². The molecule has 1 atom stereocenters. The van der Waals surface area contributed by atoms with Gasteiger partial charge in [-0.1, -0.05) is 62.7 Å². The number of rotatable bonds is 2. The maximum atomic E-state index is 12.4. The van der Waals surface area contributed by atoms with Gasteiger partial charge in [0.05, 0.1) is 5.03 Å². The molecule has 0 radical (unpaired) electrons. The Hall–Kier alpha value is -2.71. The fraction of sp³-hybridized carbons (Fsp3) is 0.273. The molecule has 2 aromatic rings. The molecular weight excluding hydrogens is 354 g/mol. The van der Waals surface area contributed by atoms with Crippen molar-refractivity contribution in [1.82, 2.24) is 5.32 Å². The SMILES string of the molecule is Cc1ccc(N2C(S)=C(C#N)C(=O)NC2c2ccc(C(C)(C)C)cc2)cc1. The molecule has 4 nitrogen and oxygen atoms in total. The maximum Gasteiger partial charge on any atom is 0.266 e. The first-order valence-electron chi connectivity index (χ1n) is 8.83. The number of nitrogens with zero attached hydrogens (tertiary/aromatic N) is 2. The molecule has 5 heteroatoms. The zero-order valence-electron chi connectivity index (χ0n) is 15.9. The minimum absolute atomic E-state index is 0.0153. The molecule has 0 saturated heterocycles. The maximum absolute atomic E-state index is 12.4. The van der Waals surface area contributed by atoms with E-state index in [0.29, 0.717) is 5.03 Å². The first kappa shape index (κ1) is 19.1. The van der Waals surface area contributed by atoms with Crippen LogP contribution in [0.4, 0.5) is 5.69 Å². The van der Waals surface area contributed by atoms with Crippen molar-refractivity contribution >= 4 is 24.2 Å². The normalized spacial score (nSPS) is 17.6. The summed E-state index contributed by atoms with van der Waals surface area (Å²) < 4.78 is 0. The Morgan fingerprint density at radius 1 is 1.07 bits per heavy atom. The Morgan fingerprint density at radius 2 is 1.67 bits per heavy atom. The van der Waals surface area contributed by atoms with Crippen molar-refractivity contribution in [2.75, 3.05) is 4.90 Å². The van der Waals surface area contributed by atoms with E-state index < -0.39 is 12.1 Å². The van der Waals surface area contributed by atoms with Crippen molar-refractivity contribution in [3.05, 3.63) is 75.8 Å². The second-order valence-electron chi connectivity index (χ2n) is 7.76. The van der Waals surface area contributed by atoms with Crippen molar-refractivity contribution in [3.8, 4) is 6.07 Å². The van der Waals surface area contributed by atoms with Crippen molar-refractivity contribution < 1.29 is 4.79 Å². The van der Waals surface area contributed by atoms with Gasteiger partial charge >= 0.3 is 0 Å². The summed E-state index contributed by atoms with van der Waals surface area (Å²) in [5.41, 5.74) is 4.21. The second kappa shape index (κ2) is 7.13. The highest BCUT2D eigenvalue weighted by Gasteiger charge is 2.34. The summed E-state index contributed by atoms with van der Waals surface area (Å²) in [4.78, 5) is 14.3. The van der Waals surface area contributed by atoms with Crippen molar-refractivity contribution in [2.24, 2.45) is 0 Å². The summed E-state index contributed by atoms with van der Waals surface area (Å²) in [5, 5.41) is 12.7. The lowest BCUT2D eigenvalue weighted by molar-refractivity contribution is -0.118. The van der Waals surface area contributed by atoms with Gasteiger partial charge in [0.15, 0.2) is 0 Å². The number of aryl methyl sites for hydroxylation is 1. The fourth-order valence-corrected chi connectivity index (χ4v) is 3.46. The quantitative estimate of drug-likeness (QED) is 0.753. The van der Waals surface area contributed by atoms with Crippen LogP contribution >= 0.6 is 12.6 Å². The fourth-order valence-electron chi connectivity index (χ4n) is 3.08. The van der Waals surface area contributed by atoms with E-state index in [-0.39, 0.29) is 11.0 Å². The number of nitrogens with one attached hydrogen (secondary N) is 1. The molecule has 3 rings (SSSR count). The molecule has 0 saturated carbocycles. The monoisotopic (exact) mass is 377 g/mol. The highest BCUT2D eigenvalue weighted by Crippen LogP contribution is 2.36. The number of thiol groups is 1. The molecule has 0 bridgehead atoms. The Kier molecular flexibility index (Phi) is 5.03. The van der Waals surface area contributed by atoms with Crippen LogP contribution in [0, 0.1) is 18.3 Å².